The number of nitrogens with zero attached hydrogens (tertiary/aromatic N) is 5. The van der Waals surface area contributed by atoms with Gasteiger partial charge in [-0.2, -0.15) is 4.98 Å². The van der Waals surface area contributed by atoms with Gasteiger partial charge >= 0.3 is 5.69 Å². The predicted molar refractivity (Wildman–Crippen MR) is 104 cm³/mol. The van der Waals surface area contributed by atoms with Crippen molar-refractivity contribution >= 4 is 17.5 Å². The van der Waals surface area contributed by atoms with Crippen LogP contribution >= 0.6 is 0 Å². The maximum atomic E-state index is 11.2. The van der Waals surface area contributed by atoms with E-state index in [9.17, 15) is 10.1 Å². The third-order valence-corrected chi connectivity index (χ3v) is 5.02. The minimum atomic E-state index is -0.422. The Hall–Kier alpha value is -2.74. The molecule has 0 spiro atoms. The number of hydrogen-bond acceptors (Lipinski definition) is 7. The number of piperazine rings is 1. The van der Waals surface area contributed by atoms with Crippen molar-refractivity contribution in [2.45, 2.75) is 32.4 Å². The first kappa shape index (κ1) is 17.7. The minimum Gasteiger partial charge on any atom is -0.361 e. The Morgan fingerprint density at radius 2 is 2.04 bits per heavy atom. The van der Waals surface area contributed by atoms with Crippen LogP contribution in [0, 0.1) is 17.0 Å². The molecular formula is C19H24N6O2. The van der Waals surface area contributed by atoms with Crippen LogP contribution < -0.4 is 10.2 Å². The second kappa shape index (κ2) is 7.48. The zero-order valence-corrected chi connectivity index (χ0v) is 15.5. The van der Waals surface area contributed by atoms with Crippen LogP contribution in [0.3, 0.4) is 0 Å². The van der Waals surface area contributed by atoms with E-state index < -0.39 is 4.92 Å². The lowest BCUT2D eigenvalue weighted by Gasteiger charge is -2.34. The Morgan fingerprint density at radius 3 is 2.70 bits per heavy atom. The van der Waals surface area contributed by atoms with E-state index in [1.165, 1.54) is 17.3 Å². The second-order valence-corrected chi connectivity index (χ2v) is 7.33. The number of benzene rings is 1. The molecule has 2 heterocycles. The van der Waals surface area contributed by atoms with Crippen LogP contribution in [-0.4, -0.2) is 52.0 Å². The van der Waals surface area contributed by atoms with Crippen molar-refractivity contribution < 1.29 is 4.92 Å². The third-order valence-electron chi connectivity index (χ3n) is 5.02. The molecule has 0 amide bonds. The molecule has 2 fully saturated rings. The normalized spacial score (nSPS) is 17.7. The van der Waals surface area contributed by atoms with Crippen LogP contribution in [0.4, 0.5) is 17.5 Å². The highest BCUT2D eigenvalue weighted by atomic mass is 16.6. The van der Waals surface area contributed by atoms with E-state index in [1.54, 1.807) is 0 Å². The van der Waals surface area contributed by atoms with Crippen LogP contribution in [0.1, 0.15) is 24.0 Å². The van der Waals surface area contributed by atoms with Gasteiger partial charge in [0.2, 0.25) is 11.8 Å². The third kappa shape index (κ3) is 4.33. The average molecular weight is 368 g/mol. The summed E-state index contributed by atoms with van der Waals surface area (Å²) in [5, 5.41) is 14.4. The van der Waals surface area contributed by atoms with Gasteiger partial charge in [-0.3, -0.25) is 15.0 Å². The lowest BCUT2D eigenvalue weighted by molar-refractivity contribution is -0.384. The van der Waals surface area contributed by atoms with E-state index in [-0.39, 0.29) is 5.69 Å². The van der Waals surface area contributed by atoms with Gasteiger partial charge in [0, 0.05) is 38.8 Å². The smallest absolute Gasteiger partial charge is 0.329 e. The maximum absolute atomic E-state index is 11.2. The molecule has 142 valence electrons. The van der Waals surface area contributed by atoms with Gasteiger partial charge < -0.3 is 10.2 Å². The summed E-state index contributed by atoms with van der Waals surface area (Å²) in [6.07, 6.45) is 3.40. The van der Waals surface area contributed by atoms with E-state index in [0.29, 0.717) is 17.8 Å². The lowest BCUT2D eigenvalue weighted by Crippen LogP contribution is -2.46. The Morgan fingerprint density at radius 1 is 1.26 bits per heavy atom. The molecule has 1 N–H and O–H groups in total. The second-order valence-electron chi connectivity index (χ2n) is 7.33. The van der Waals surface area contributed by atoms with Crippen LogP contribution in [0.5, 0.6) is 0 Å². The Balaban J connectivity index is 1.40. The number of anilines is 2. The van der Waals surface area contributed by atoms with Gasteiger partial charge in [0.25, 0.3) is 0 Å². The Labute approximate surface area is 158 Å². The van der Waals surface area contributed by atoms with E-state index in [0.717, 1.165) is 45.6 Å². The standard InChI is InChI=1S/C19H24N6O2/c1-14-3-2-4-15(11-14)13-23-7-9-24(10-8-23)19-20-12-17(25(26)27)18(22-19)21-16-5-6-16/h2-4,11-12,16H,5-10,13H2,1H3,(H,20,21,22). The summed E-state index contributed by atoms with van der Waals surface area (Å²) in [5.74, 6) is 0.911. The quantitative estimate of drug-likeness (QED) is 0.619. The van der Waals surface area contributed by atoms with E-state index >= 15 is 0 Å². The van der Waals surface area contributed by atoms with Gasteiger partial charge in [0.05, 0.1) is 4.92 Å². The molecule has 2 aliphatic rings. The molecular weight excluding hydrogens is 344 g/mol. The molecule has 8 nitrogen and oxygen atoms in total. The molecule has 1 aliphatic carbocycles. The van der Waals surface area contributed by atoms with E-state index in [2.05, 4.69) is 56.3 Å². The summed E-state index contributed by atoms with van der Waals surface area (Å²) in [4.78, 5) is 24.0. The van der Waals surface area contributed by atoms with Crippen molar-refractivity contribution in [1.82, 2.24) is 14.9 Å². The Bertz CT molecular complexity index is 831. The van der Waals surface area contributed by atoms with Crippen molar-refractivity contribution in [3.63, 3.8) is 0 Å². The van der Waals surface area contributed by atoms with Gasteiger partial charge in [0.15, 0.2) is 0 Å². The number of nitrogens with one attached hydrogen (secondary N) is 1. The molecule has 0 radical (unpaired) electrons. The van der Waals surface area contributed by atoms with Crippen molar-refractivity contribution in [3.05, 3.63) is 51.7 Å². The fourth-order valence-corrected chi connectivity index (χ4v) is 3.35. The van der Waals surface area contributed by atoms with Gasteiger partial charge in [0.1, 0.15) is 6.20 Å². The zero-order valence-electron chi connectivity index (χ0n) is 15.5. The van der Waals surface area contributed by atoms with Gasteiger partial charge in [-0.25, -0.2) is 4.98 Å². The first-order chi connectivity index (χ1) is 13.1. The van der Waals surface area contributed by atoms with Gasteiger partial charge in [-0.05, 0) is 25.3 Å². The summed E-state index contributed by atoms with van der Waals surface area (Å²) in [5.41, 5.74) is 2.55. The summed E-state index contributed by atoms with van der Waals surface area (Å²) in [6, 6.07) is 8.90. The van der Waals surface area contributed by atoms with E-state index in [4.69, 9.17) is 0 Å². The van der Waals surface area contributed by atoms with Gasteiger partial charge in [-0.15, -0.1) is 0 Å². The first-order valence-electron chi connectivity index (χ1n) is 9.39. The minimum absolute atomic E-state index is 0.0521. The predicted octanol–water partition coefficient (Wildman–Crippen LogP) is 2.59. The monoisotopic (exact) mass is 368 g/mol. The van der Waals surface area contributed by atoms with Crippen molar-refractivity contribution in [1.29, 1.82) is 0 Å². The summed E-state index contributed by atoms with van der Waals surface area (Å²) in [7, 11) is 0. The molecule has 1 saturated heterocycles. The molecule has 2 aromatic rings. The molecule has 8 heteroatoms. The first-order valence-corrected chi connectivity index (χ1v) is 9.39. The largest absolute Gasteiger partial charge is 0.361 e. The van der Waals surface area contributed by atoms with Crippen molar-refractivity contribution in [3.8, 4) is 0 Å². The van der Waals surface area contributed by atoms with Crippen LogP contribution in [0.25, 0.3) is 0 Å². The molecule has 27 heavy (non-hydrogen) atoms. The van der Waals surface area contributed by atoms with Gasteiger partial charge in [-0.1, -0.05) is 29.8 Å². The zero-order chi connectivity index (χ0) is 18.8. The summed E-state index contributed by atoms with van der Waals surface area (Å²) in [6.45, 7) is 6.50. The number of aryl methyl sites for hydroxylation is 1. The van der Waals surface area contributed by atoms with E-state index in [1.807, 2.05) is 0 Å². The highest BCUT2D eigenvalue weighted by Crippen LogP contribution is 2.30. The SMILES string of the molecule is Cc1cccc(CN2CCN(c3ncc([N+](=O)[O-])c(NC4CC4)n3)CC2)c1. The molecule has 0 atom stereocenters. The fraction of sp³-hybridized carbons (Fsp3) is 0.474. The number of aromatic nitrogens is 2. The lowest BCUT2D eigenvalue weighted by atomic mass is 10.1. The van der Waals surface area contributed by atoms with Crippen molar-refractivity contribution in [2.75, 3.05) is 36.4 Å². The maximum Gasteiger partial charge on any atom is 0.329 e. The summed E-state index contributed by atoms with van der Waals surface area (Å²) < 4.78 is 0. The molecule has 1 saturated carbocycles. The molecule has 1 aromatic heterocycles. The average Bonchev–Trinajstić information content (AvgIpc) is 3.46. The number of hydrogen-bond donors (Lipinski definition) is 1. The van der Waals surface area contributed by atoms with Crippen LogP contribution in [0.15, 0.2) is 30.5 Å². The van der Waals surface area contributed by atoms with Crippen LogP contribution in [0.2, 0.25) is 0 Å². The molecule has 4 rings (SSSR count). The highest BCUT2D eigenvalue weighted by Gasteiger charge is 2.28. The highest BCUT2D eigenvalue weighted by molar-refractivity contribution is 5.58. The Kier molecular flexibility index (Phi) is 4.89. The number of rotatable bonds is 6. The summed E-state index contributed by atoms with van der Waals surface area (Å²) >= 11 is 0. The topological polar surface area (TPSA) is 87.4 Å². The van der Waals surface area contributed by atoms with Crippen molar-refractivity contribution in [2.24, 2.45) is 0 Å². The van der Waals surface area contributed by atoms with Crippen LogP contribution in [-0.2, 0) is 6.54 Å². The molecule has 1 aliphatic heterocycles. The molecule has 1 aromatic carbocycles. The fourth-order valence-electron chi connectivity index (χ4n) is 3.35. The molecule has 0 unspecified atom stereocenters. The molecule has 0 bridgehead atoms. The number of nitro groups is 1.